The van der Waals surface area contributed by atoms with Crippen LogP contribution in [0.15, 0.2) is 16.6 Å². The number of nitrogens with two attached hydrogens (primary N) is 1. The number of hydrogen-bond donors (Lipinski definition) is 1. The van der Waals surface area contributed by atoms with Gasteiger partial charge in [-0.2, -0.15) is 0 Å². The summed E-state index contributed by atoms with van der Waals surface area (Å²) in [5, 5.41) is 0. The van der Waals surface area contributed by atoms with Gasteiger partial charge >= 0.3 is 0 Å². The largest absolute Gasteiger partial charge is 0.330 e. The maximum atomic E-state index is 13.0. The molecule has 0 radical (unpaired) electrons. The molecule has 1 aromatic rings. The van der Waals surface area contributed by atoms with Gasteiger partial charge in [0.2, 0.25) is 0 Å². The molecule has 0 heterocycles. The first kappa shape index (κ1) is 10.1. The molecule has 2 unspecified atom stereocenters. The van der Waals surface area contributed by atoms with Gasteiger partial charge in [-0.1, -0.05) is 15.9 Å². The molecule has 1 saturated carbocycles. The van der Waals surface area contributed by atoms with Gasteiger partial charge in [-0.25, -0.2) is 8.78 Å². The SMILES string of the molecule is NCC1CC1c1cc(F)c(F)cc1Br. The second kappa shape index (κ2) is 3.59. The predicted octanol–water partition coefficient (Wildman–Crippen LogP) is 2.79. The average molecular weight is 262 g/mol. The Morgan fingerprint density at radius 1 is 1.36 bits per heavy atom. The lowest BCUT2D eigenvalue weighted by Gasteiger charge is -2.04. The fourth-order valence-electron chi connectivity index (χ4n) is 1.71. The lowest BCUT2D eigenvalue weighted by molar-refractivity contribution is 0.506. The minimum Gasteiger partial charge on any atom is -0.330 e. The van der Waals surface area contributed by atoms with Gasteiger partial charge in [0.1, 0.15) is 0 Å². The molecule has 1 aliphatic carbocycles. The van der Waals surface area contributed by atoms with Gasteiger partial charge in [0.25, 0.3) is 0 Å². The van der Waals surface area contributed by atoms with Crippen LogP contribution in [0.4, 0.5) is 8.78 Å². The van der Waals surface area contributed by atoms with Crippen LogP contribution in [0.2, 0.25) is 0 Å². The molecule has 0 aliphatic heterocycles. The highest BCUT2D eigenvalue weighted by atomic mass is 79.9. The molecule has 4 heteroatoms. The third-order valence-corrected chi connectivity index (χ3v) is 3.35. The molecule has 0 amide bonds. The fraction of sp³-hybridized carbons (Fsp3) is 0.400. The molecule has 1 nitrogen and oxygen atoms in total. The molecule has 2 rings (SSSR count). The van der Waals surface area contributed by atoms with Crippen molar-refractivity contribution in [1.82, 2.24) is 0 Å². The second-order valence-corrected chi connectivity index (χ2v) is 4.48. The van der Waals surface area contributed by atoms with E-state index in [1.807, 2.05) is 0 Å². The lowest BCUT2D eigenvalue weighted by atomic mass is 10.1. The van der Waals surface area contributed by atoms with Crippen molar-refractivity contribution in [3.63, 3.8) is 0 Å². The first-order valence-corrected chi connectivity index (χ1v) is 5.27. The van der Waals surface area contributed by atoms with Gasteiger partial charge in [-0.05, 0) is 42.5 Å². The minimum atomic E-state index is -0.814. The van der Waals surface area contributed by atoms with Crippen molar-refractivity contribution in [3.05, 3.63) is 33.8 Å². The van der Waals surface area contributed by atoms with Crippen molar-refractivity contribution in [1.29, 1.82) is 0 Å². The van der Waals surface area contributed by atoms with Crippen LogP contribution in [-0.2, 0) is 0 Å². The van der Waals surface area contributed by atoms with E-state index < -0.39 is 11.6 Å². The lowest BCUT2D eigenvalue weighted by Crippen LogP contribution is -2.02. The minimum absolute atomic E-state index is 0.296. The van der Waals surface area contributed by atoms with Crippen LogP contribution in [-0.4, -0.2) is 6.54 Å². The van der Waals surface area contributed by atoms with E-state index in [1.165, 1.54) is 12.1 Å². The summed E-state index contributed by atoms with van der Waals surface area (Å²) in [6.45, 7) is 0.607. The monoisotopic (exact) mass is 261 g/mol. The maximum Gasteiger partial charge on any atom is 0.159 e. The zero-order chi connectivity index (χ0) is 10.3. The molecule has 1 fully saturated rings. The summed E-state index contributed by atoms with van der Waals surface area (Å²) in [4.78, 5) is 0. The van der Waals surface area contributed by atoms with Crippen LogP contribution in [0.3, 0.4) is 0 Å². The smallest absolute Gasteiger partial charge is 0.159 e. The van der Waals surface area contributed by atoms with Crippen molar-refractivity contribution in [2.24, 2.45) is 11.7 Å². The summed E-state index contributed by atoms with van der Waals surface area (Å²) in [7, 11) is 0. The van der Waals surface area contributed by atoms with Gasteiger partial charge in [0, 0.05) is 4.47 Å². The zero-order valence-corrected chi connectivity index (χ0v) is 9.02. The van der Waals surface area contributed by atoms with E-state index in [1.54, 1.807) is 0 Å². The molecule has 1 aromatic carbocycles. The average Bonchev–Trinajstić information content (AvgIpc) is 2.90. The predicted molar refractivity (Wildman–Crippen MR) is 54.0 cm³/mol. The maximum absolute atomic E-state index is 13.0. The van der Waals surface area contributed by atoms with E-state index in [9.17, 15) is 8.78 Å². The van der Waals surface area contributed by atoms with E-state index in [-0.39, 0.29) is 0 Å². The summed E-state index contributed by atoms with van der Waals surface area (Å²) in [5.74, 6) is -0.878. The standard InChI is InChI=1S/C10H10BrF2N/c11-8-3-10(13)9(12)2-7(8)6-1-5(6)4-14/h2-3,5-6H,1,4,14H2. The summed E-state index contributed by atoms with van der Waals surface area (Å²) < 4.78 is 26.4. The van der Waals surface area contributed by atoms with Crippen molar-refractivity contribution in [2.45, 2.75) is 12.3 Å². The zero-order valence-electron chi connectivity index (χ0n) is 7.43. The first-order valence-electron chi connectivity index (χ1n) is 4.48. The molecule has 0 spiro atoms. The molecular formula is C10H10BrF2N. The Hall–Kier alpha value is -0.480. The van der Waals surface area contributed by atoms with Gasteiger partial charge in [0.05, 0.1) is 0 Å². The van der Waals surface area contributed by atoms with Gasteiger partial charge < -0.3 is 5.73 Å². The van der Waals surface area contributed by atoms with Crippen LogP contribution in [0.5, 0.6) is 0 Å². The van der Waals surface area contributed by atoms with E-state index >= 15 is 0 Å². The number of benzene rings is 1. The summed E-state index contributed by atoms with van der Waals surface area (Å²) in [5.41, 5.74) is 6.33. The molecule has 1 aliphatic rings. The Labute approximate surface area is 89.4 Å². The van der Waals surface area contributed by atoms with Crippen LogP contribution >= 0.6 is 15.9 Å². The molecule has 2 atom stereocenters. The Bertz CT molecular complexity index is 367. The second-order valence-electron chi connectivity index (χ2n) is 3.63. The van der Waals surface area contributed by atoms with Crippen LogP contribution in [0.1, 0.15) is 17.9 Å². The molecule has 0 aromatic heterocycles. The van der Waals surface area contributed by atoms with Gasteiger partial charge in [-0.3, -0.25) is 0 Å². The van der Waals surface area contributed by atoms with E-state index in [4.69, 9.17) is 5.73 Å². The normalized spacial score (nSPS) is 25.1. The Balaban J connectivity index is 2.31. The molecule has 14 heavy (non-hydrogen) atoms. The Morgan fingerprint density at radius 3 is 2.57 bits per heavy atom. The molecule has 0 saturated heterocycles. The van der Waals surface area contributed by atoms with Gasteiger partial charge in [0.15, 0.2) is 11.6 Å². The van der Waals surface area contributed by atoms with Crippen molar-refractivity contribution < 1.29 is 8.78 Å². The highest BCUT2D eigenvalue weighted by Gasteiger charge is 2.38. The van der Waals surface area contributed by atoms with E-state index in [0.29, 0.717) is 22.9 Å². The third-order valence-electron chi connectivity index (χ3n) is 2.66. The number of rotatable bonds is 2. The van der Waals surface area contributed by atoms with Crippen molar-refractivity contribution in [2.75, 3.05) is 6.54 Å². The summed E-state index contributed by atoms with van der Waals surface area (Å²) >= 11 is 3.23. The molecule has 0 bridgehead atoms. The number of halogens is 3. The summed E-state index contributed by atoms with van der Waals surface area (Å²) in [6.07, 6.45) is 0.972. The Kier molecular flexibility index (Phi) is 2.58. The molecular weight excluding hydrogens is 252 g/mol. The van der Waals surface area contributed by atoms with E-state index in [0.717, 1.165) is 12.0 Å². The van der Waals surface area contributed by atoms with Crippen LogP contribution < -0.4 is 5.73 Å². The molecule has 2 N–H and O–H groups in total. The Morgan fingerprint density at radius 2 is 2.00 bits per heavy atom. The summed E-state index contributed by atoms with van der Waals surface area (Å²) in [6, 6.07) is 2.44. The highest BCUT2D eigenvalue weighted by molar-refractivity contribution is 9.10. The third kappa shape index (κ3) is 1.68. The topological polar surface area (TPSA) is 26.0 Å². The van der Waals surface area contributed by atoms with Crippen LogP contribution in [0, 0.1) is 17.6 Å². The van der Waals surface area contributed by atoms with Crippen molar-refractivity contribution >= 4 is 15.9 Å². The van der Waals surface area contributed by atoms with Crippen LogP contribution in [0.25, 0.3) is 0 Å². The quantitative estimate of drug-likeness (QED) is 0.815. The van der Waals surface area contributed by atoms with Crippen molar-refractivity contribution in [3.8, 4) is 0 Å². The van der Waals surface area contributed by atoms with Gasteiger partial charge in [-0.15, -0.1) is 0 Å². The number of hydrogen-bond acceptors (Lipinski definition) is 1. The van der Waals surface area contributed by atoms with E-state index in [2.05, 4.69) is 15.9 Å². The molecule has 76 valence electrons. The first-order chi connectivity index (χ1) is 6.63. The fourth-order valence-corrected chi connectivity index (χ4v) is 2.32. The highest BCUT2D eigenvalue weighted by Crippen LogP contribution is 2.49.